The second kappa shape index (κ2) is 11.8. The van der Waals surface area contributed by atoms with Gasteiger partial charge in [-0.1, -0.05) is 23.7 Å². The summed E-state index contributed by atoms with van der Waals surface area (Å²) in [4.78, 5) is 35.3. The van der Waals surface area contributed by atoms with Crippen LogP contribution in [0.15, 0.2) is 36.4 Å². The van der Waals surface area contributed by atoms with E-state index in [0.29, 0.717) is 12.0 Å². The molecule has 2 unspecified atom stereocenters. The van der Waals surface area contributed by atoms with Crippen LogP contribution in [0.2, 0.25) is 5.15 Å². The number of rotatable bonds is 9. The number of hydrogen-bond donors (Lipinski definition) is 1. The van der Waals surface area contributed by atoms with E-state index in [-0.39, 0.29) is 40.7 Å². The third-order valence-electron chi connectivity index (χ3n) is 9.79. The number of likely N-dealkylation sites (N-methyl/N-ethyl adjacent to an activating group) is 1. The van der Waals surface area contributed by atoms with Gasteiger partial charge in [0, 0.05) is 45.3 Å². The maximum Gasteiger partial charge on any atom is 0.430 e. The summed E-state index contributed by atoms with van der Waals surface area (Å²) in [6.07, 6.45) is 1.08. The van der Waals surface area contributed by atoms with E-state index in [1.807, 2.05) is 6.07 Å². The Labute approximate surface area is 254 Å². The Morgan fingerprint density at radius 3 is 2.37 bits per heavy atom. The first-order valence-electron chi connectivity index (χ1n) is 14.7. The van der Waals surface area contributed by atoms with Gasteiger partial charge in [0.15, 0.2) is 0 Å². The van der Waals surface area contributed by atoms with Crippen molar-refractivity contribution in [1.82, 2.24) is 14.8 Å². The highest BCUT2D eigenvalue weighted by Crippen LogP contribution is 2.55. The van der Waals surface area contributed by atoms with Crippen LogP contribution in [0, 0.1) is 11.3 Å². The molecule has 0 bridgehead atoms. The molecule has 43 heavy (non-hydrogen) atoms. The highest BCUT2D eigenvalue weighted by molar-refractivity contribution is 6.32. The molecule has 2 aromatic rings. The minimum absolute atomic E-state index is 0.0557. The first-order chi connectivity index (χ1) is 20.3. The smallest absolute Gasteiger partial charge is 0.430 e. The first-order valence-corrected chi connectivity index (χ1v) is 15.1. The quantitative estimate of drug-likeness (QED) is 0.384. The molecule has 1 saturated heterocycles. The van der Waals surface area contributed by atoms with Gasteiger partial charge in [-0.15, -0.1) is 0 Å². The summed E-state index contributed by atoms with van der Waals surface area (Å²) in [5.41, 5.74) is -3.81. The molecule has 8 nitrogen and oxygen atoms in total. The van der Waals surface area contributed by atoms with E-state index in [1.54, 1.807) is 18.0 Å². The standard InChI is InChI=1S/C31H38ClF3N4O4/c1-37(28(41)30(42,31(33,34)35)21-5-4-6-23(19-21)43-3)16-12-20-11-13-29(20)14-17-39(18-15-29)25-10-9-24(26(32)36-25)27(40)38(2)22-7-8-22/h4-6,9-10,19-20,22,42H,7-8,11-18H2,1-3H3. The van der Waals surface area contributed by atoms with Crippen molar-refractivity contribution in [2.45, 2.75) is 62.8 Å². The molecule has 1 N–H and O–H groups in total. The van der Waals surface area contributed by atoms with E-state index in [1.165, 1.54) is 26.3 Å². The van der Waals surface area contributed by atoms with Gasteiger partial charge >= 0.3 is 6.18 Å². The summed E-state index contributed by atoms with van der Waals surface area (Å²) in [7, 11) is 4.39. The average molecular weight is 623 g/mol. The fraction of sp³-hybridized carbons (Fsp3) is 0.581. The lowest BCUT2D eigenvalue weighted by molar-refractivity contribution is -0.261. The van der Waals surface area contributed by atoms with Gasteiger partial charge in [0.05, 0.1) is 12.7 Å². The molecule has 3 fully saturated rings. The fourth-order valence-corrected chi connectivity index (χ4v) is 6.84. The van der Waals surface area contributed by atoms with Crippen molar-refractivity contribution in [3.63, 3.8) is 0 Å². The minimum atomic E-state index is -5.22. The van der Waals surface area contributed by atoms with Gasteiger partial charge < -0.3 is 24.5 Å². The van der Waals surface area contributed by atoms with Gasteiger partial charge in [-0.2, -0.15) is 13.2 Å². The Hall–Kier alpha value is -3.05. The normalized spacial score (nSPS) is 21.1. The van der Waals surface area contributed by atoms with E-state index in [0.717, 1.165) is 74.5 Å². The van der Waals surface area contributed by atoms with Gasteiger partial charge in [-0.25, -0.2) is 4.98 Å². The highest BCUT2D eigenvalue weighted by Gasteiger charge is 2.62. The number of methoxy groups -OCH3 is 1. The maximum absolute atomic E-state index is 14.2. The lowest BCUT2D eigenvalue weighted by atomic mass is 9.54. The number of aliphatic hydroxyl groups is 1. The number of alkyl halides is 3. The Balaban J connectivity index is 1.19. The Bertz CT molecular complexity index is 1360. The van der Waals surface area contributed by atoms with Crippen LogP contribution in [0.1, 0.15) is 60.9 Å². The lowest BCUT2D eigenvalue weighted by Crippen LogP contribution is -2.55. The van der Waals surface area contributed by atoms with Crippen LogP contribution < -0.4 is 9.64 Å². The zero-order valence-corrected chi connectivity index (χ0v) is 25.4. The van der Waals surface area contributed by atoms with Crippen molar-refractivity contribution in [1.29, 1.82) is 0 Å². The number of ether oxygens (including phenoxy) is 1. The summed E-state index contributed by atoms with van der Waals surface area (Å²) in [5, 5.41) is 11.0. The minimum Gasteiger partial charge on any atom is -0.497 e. The molecule has 2 heterocycles. The summed E-state index contributed by atoms with van der Waals surface area (Å²) >= 11 is 6.43. The van der Waals surface area contributed by atoms with Gasteiger partial charge in [0.25, 0.3) is 17.4 Å². The Kier molecular flexibility index (Phi) is 8.61. The topological polar surface area (TPSA) is 86.2 Å². The first kappa shape index (κ1) is 31.4. The van der Waals surface area contributed by atoms with E-state index in [4.69, 9.17) is 16.3 Å². The number of amides is 2. The number of pyridine rings is 1. The molecule has 1 aromatic heterocycles. The monoisotopic (exact) mass is 622 g/mol. The molecule has 2 saturated carbocycles. The number of anilines is 1. The fourth-order valence-electron chi connectivity index (χ4n) is 6.61. The SMILES string of the molecule is COc1cccc(C(O)(C(=O)N(C)CCC2CCC23CCN(c2ccc(C(=O)N(C)C4CC4)c(Cl)n2)CC3)C(F)(F)F)c1. The Morgan fingerprint density at radius 2 is 1.81 bits per heavy atom. The number of hydrogen-bond acceptors (Lipinski definition) is 6. The molecule has 234 valence electrons. The lowest BCUT2D eigenvalue weighted by Gasteiger charge is -2.54. The van der Waals surface area contributed by atoms with Gasteiger partial charge in [-0.05, 0) is 80.5 Å². The number of carbonyl (C=O) groups excluding carboxylic acids is 2. The number of halogens is 4. The molecule has 5 rings (SSSR count). The van der Waals surface area contributed by atoms with Crippen molar-refractivity contribution >= 4 is 29.2 Å². The average Bonchev–Trinajstić information content (AvgIpc) is 3.84. The zero-order chi connectivity index (χ0) is 31.2. The van der Waals surface area contributed by atoms with Crippen LogP contribution in [-0.4, -0.2) is 84.8 Å². The van der Waals surface area contributed by atoms with Gasteiger partial charge in [0.2, 0.25) is 0 Å². The van der Waals surface area contributed by atoms with Crippen molar-refractivity contribution in [3.05, 3.63) is 52.7 Å². The largest absolute Gasteiger partial charge is 0.497 e. The molecule has 2 amide bonds. The van der Waals surface area contributed by atoms with Crippen LogP contribution in [0.5, 0.6) is 5.75 Å². The molecule has 1 aliphatic heterocycles. The Morgan fingerprint density at radius 1 is 1.12 bits per heavy atom. The molecule has 0 radical (unpaired) electrons. The summed E-state index contributed by atoms with van der Waals surface area (Å²) in [5.74, 6) is -0.445. The van der Waals surface area contributed by atoms with E-state index >= 15 is 0 Å². The summed E-state index contributed by atoms with van der Waals surface area (Å²) in [6.45, 7) is 1.58. The van der Waals surface area contributed by atoms with E-state index in [9.17, 15) is 27.9 Å². The summed E-state index contributed by atoms with van der Waals surface area (Å²) in [6, 6.07) is 8.73. The number of carbonyl (C=O) groups is 2. The molecule has 2 atom stereocenters. The molecule has 1 spiro atoms. The number of benzene rings is 1. The van der Waals surface area contributed by atoms with Crippen LogP contribution in [0.4, 0.5) is 19.0 Å². The van der Waals surface area contributed by atoms with Crippen LogP contribution in [0.25, 0.3) is 0 Å². The molecule has 2 aliphatic carbocycles. The highest BCUT2D eigenvalue weighted by atomic mass is 35.5. The van der Waals surface area contributed by atoms with Crippen molar-refractivity contribution in [3.8, 4) is 5.75 Å². The third-order valence-corrected chi connectivity index (χ3v) is 10.1. The number of nitrogens with zero attached hydrogens (tertiary/aromatic N) is 4. The molecular formula is C31H38ClF3N4O4. The second-order valence-electron chi connectivity index (χ2n) is 12.2. The molecular weight excluding hydrogens is 585 g/mol. The molecule has 1 aromatic carbocycles. The van der Waals surface area contributed by atoms with E-state index in [2.05, 4.69) is 9.88 Å². The second-order valence-corrected chi connectivity index (χ2v) is 12.6. The van der Waals surface area contributed by atoms with Crippen molar-refractivity contribution < 1.29 is 32.6 Å². The maximum atomic E-state index is 14.2. The van der Waals surface area contributed by atoms with E-state index < -0.39 is 23.2 Å². The number of piperidine rings is 1. The zero-order valence-electron chi connectivity index (χ0n) is 24.7. The van der Waals surface area contributed by atoms with Crippen LogP contribution in [-0.2, 0) is 10.4 Å². The number of aromatic nitrogens is 1. The van der Waals surface area contributed by atoms with Gasteiger partial charge in [0.1, 0.15) is 16.7 Å². The summed E-state index contributed by atoms with van der Waals surface area (Å²) < 4.78 is 47.5. The van der Waals surface area contributed by atoms with Gasteiger partial charge in [-0.3, -0.25) is 9.59 Å². The predicted octanol–water partition coefficient (Wildman–Crippen LogP) is 5.27. The van der Waals surface area contributed by atoms with Crippen molar-refractivity contribution in [2.75, 3.05) is 45.7 Å². The molecule has 12 heteroatoms. The van der Waals surface area contributed by atoms with Crippen LogP contribution >= 0.6 is 11.6 Å². The third kappa shape index (κ3) is 5.90. The predicted molar refractivity (Wildman–Crippen MR) is 156 cm³/mol. The van der Waals surface area contributed by atoms with Crippen LogP contribution in [0.3, 0.4) is 0 Å². The van der Waals surface area contributed by atoms with Crippen molar-refractivity contribution in [2.24, 2.45) is 11.3 Å². The molecule has 3 aliphatic rings.